The zero-order valence-electron chi connectivity index (χ0n) is 19.6. The molecule has 0 radical (unpaired) electrons. The van der Waals surface area contributed by atoms with Gasteiger partial charge in [0.05, 0.1) is 17.1 Å². The number of carbonyl (C=O) groups excluding carboxylic acids is 1. The second-order valence-corrected chi connectivity index (χ2v) is 10.9. The van der Waals surface area contributed by atoms with E-state index in [2.05, 4.69) is 5.32 Å². The first-order valence-corrected chi connectivity index (χ1v) is 12.1. The summed E-state index contributed by atoms with van der Waals surface area (Å²) in [5, 5.41) is 11.4. The summed E-state index contributed by atoms with van der Waals surface area (Å²) < 4.78 is 67.5. The Morgan fingerprint density at radius 2 is 1.89 bits per heavy atom. The Morgan fingerprint density at radius 3 is 2.49 bits per heavy atom. The molecule has 35 heavy (non-hydrogen) atoms. The van der Waals surface area contributed by atoms with Gasteiger partial charge < -0.3 is 14.6 Å². The van der Waals surface area contributed by atoms with Gasteiger partial charge in [0.2, 0.25) is 0 Å². The van der Waals surface area contributed by atoms with Gasteiger partial charge in [0.25, 0.3) is 10.0 Å². The van der Waals surface area contributed by atoms with Gasteiger partial charge in [-0.2, -0.15) is 0 Å². The predicted molar refractivity (Wildman–Crippen MR) is 123 cm³/mol. The number of carbonyl (C=O) groups is 2. The van der Waals surface area contributed by atoms with Crippen LogP contribution in [-0.4, -0.2) is 43.8 Å². The Labute approximate surface area is 201 Å². The maximum Gasteiger partial charge on any atom is 0.412 e. The Kier molecular flexibility index (Phi) is 7.25. The smallest absolute Gasteiger partial charge is 0.412 e. The fourth-order valence-corrected chi connectivity index (χ4v) is 5.01. The van der Waals surface area contributed by atoms with Crippen LogP contribution in [0.15, 0.2) is 35.2 Å². The van der Waals surface area contributed by atoms with Crippen molar-refractivity contribution in [2.45, 2.75) is 57.1 Å². The lowest BCUT2D eigenvalue weighted by molar-refractivity contribution is -0.137. The summed E-state index contributed by atoms with van der Waals surface area (Å²) in [6.07, 6.45) is -2.25. The molecule has 0 bridgehead atoms. The molecular formula is C23H26F2N2O7S. The summed E-state index contributed by atoms with van der Waals surface area (Å²) in [6.45, 7) is 6.01. The van der Waals surface area contributed by atoms with E-state index in [1.165, 1.54) is 13.0 Å². The molecule has 2 aromatic rings. The summed E-state index contributed by atoms with van der Waals surface area (Å²) in [4.78, 5) is 22.9. The SMILES string of the molecule is Cc1cc(S(=O)(=O)N2C[C@H](CCC(=O)O)Oc3c(F)cc(NC(=O)OC(C)(C)C)cc32)ccc1F. The summed E-state index contributed by atoms with van der Waals surface area (Å²) in [6, 6.07) is 5.38. The average molecular weight is 513 g/mol. The number of fused-ring (bicyclic) bond motifs is 1. The van der Waals surface area contributed by atoms with Gasteiger partial charge >= 0.3 is 12.1 Å². The topological polar surface area (TPSA) is 122 Å². The Morgan fingerprint density at radius 1 is 1.20 bits per heavy atom. The number of hydrogen-bond donors (Lipinski definition) is 2. The van der Waals surface area contributed by atoms with Gasteiger partial charge in [0.15, 0.2) is 11.6 Å². The van der Waals surface area contributed by atoms with Gasteiger partial charge in [-0.1, -0.05) is 0 Å². The van der Waals surface area contributed by atoms with Crippen molar-refractivity contribution in [3.63, 3.8) is 0 Å². The van der Waals surface area contributed by atoms with Crippen molar-refractivity contribution in [2.75, 3.05) is 16.2 Å². The number of hydrogen-bond acceptors (Lipinski definition) is 6. The maximum atomic E-state index is 15.1. The highest BCUT2D eigenvalue weighted by atomic mass is 32.2. The van der Waals surface area contributed by atoms with E-state index < -0.39 is 51.2 Å². The molecule has 0 saturated carbocycles. The molecule has 1 amide bonds. The number of benzene rings is 2. The van der Waals surface area contributed by atoms with Crippen LogP contribution in [0.1, 0.15) is 39.2 Å². The number of sulfonamides is 1. The lowest BCUT2D eigenvalue weighted by atomic mass is 10.1. The molecule has 1 atom stereocenters. The number of rotatable bonds is 6. The molecule has 0 aliphatic carbocycles. The van der Waals surface area contributed by atoms with Crippen molar-refractivity contribution in [3.8, 4) is 5.75 Å². The van der Waals surface area contributed by atoms with Crippen LogP contribution >= 0.6 is 0 Å². The molecule has 3 rings (SSSR count). The number of nitrogens with one attached hydrogen (secondary N) is 1. The molecule has 1 aliphatic heterocycles. The number of halogens is 2. The highest BCUT2D eigenvalue weighted by Gasteiger charge is 2.37. The van der Waals surface area contributed by atoms with E-state index in [9.17, 15) is 22.4 Å². The number of ether oxygens (including phenoxy) is 2. The first-order chi connectivity index (χ1) is 16.2. The Bertz CT molecular complexity index is 1260. The van der Waals surface area contributed by atoms with Crippen LogP contribution in [0.4, 0.5) is 25.0 Å². The molecular weight excluding hydrogens is 486 g/mol. The lowest BCUT2D eigenvalue weighted by Crippen LogP contribution is -2.44. The van der Waals surface area contributed by atoms with Crippen LogP contribution in [0.2, 0.25) is 0 Å². The maximum absolute atomic E-state index is 15.1. The molecule has 0 saturated heterocycles. The first kappa shape index (κ1) is 26.2. The van der Waals surface area contributed by atoms with Crippen molar-refractivity contribution in [3.05, 3.63) is 47.5 Å². The third-order valence-electron chi connectivity index (χ3n) is 4.99. The van der Waals surface area contributed by atoms with Crippen LogP contribution in [0.25, 0.3) is 0 Å². The molecule has 0 unspecified atom stereocenters. The summed E-state index contributed by atoms with van der Waals surface area (Å²) >= 11 is 0. The highest BCUT2D eigenvalue weighted by Crippen LogP contribution is 2.42. The molecule has 190 valence electrons. The van der Waals surface area contributed by atoms with Gasteiger partial charge in [-0.3, -0.25) is 14.4 Å². The third kappa shape index (κ3) is 6.18. The second kappa shape index (κ2) is 9.68. The molecule has 9 nitrogen and oxygen atoms in total. The standard InChI is InChI=1S/C23H26F2N2O7S/c1-13-9-16(6-7-17(13)24)35(31,32)27-12-15(5-8-20(28)29)33-21-18(25)10-14(11-19(21)27)26-22(30)34-23(2,3)4/h6-7,9-11,15H,5,8,12H2,1-4H3,(H,26,30)(H,28,29)/t15-/m0/s1. The highest BCUT2D eigenvalue weighted by molar-refractivity contribution is 7.92. The predicted octanol–water partition coefficient (Wildman–Crippen LogP) is 4.44. The molecule has 2 N–H and O–H groups in total. The van der Waals surface area contributed by atoms with Crippen LogP contribution in [0.5, 0.6) is 5.75 Å². The van der Waals surface area contributed by atoms with Crippen molar-refractivity contribution < 1.29 is 41.4 Å². The van der Waals surface area contributed by atoms with E-state index in [0.29, 0.717) is 0 Å². The fraction of sp³-hybridized carbons (Fsp3) is 0.391. The van der Waals surface area contributed by atoms with Crippen molar-refractivity contribution in [1.29, 1.82) is 0 Å². The molecule has 0 fully saturated rings. The number of anilines is 2. The minimum atomic E-state index is -4.35. The summed E-state index contributed by atoms with van der Waals surface area (Å²) in [5.74, 6) is -3.10. The van der Waals surface area contributed by atoms with Gasteiger partial charge in [-0.15, -0.1) is 0 Å². The zero-order chi connectivity index (χ0) is 26.1. The lowest BCUT2D eigenvalue weighted by Gasteiger charge is -2.36. The van der Waals surface area contributed by atoms with Crippen LogP contribution in [0.3, 0.4) is 0 Å². The van der Waals surface area contributed by atoms with E-state index >= 15 is 4.39 Å². The zero-order valence-corrected chi connectivity index (χ0v) is 20.4. The number of carboxylic acids is 1. The first-order valence-electron chi connectivity index (χ1n) is 10.7. The van der Waals surface area contributed by atoms with Crippen molar-refractivity contribution in [2.24, 2.45) is 0 Å². The van der Waals surface area contributed by atoms with Gasteiger partial charge in [0, 0.05) is 18.2 Å². The molecule has 0 aromatic heterocycles. The quantitative estimate of drug-likeness (QED) is 0.587. The van der Waals surface area contributed by atoms with Gasteiger partial charge in [-0.25, -0.2) is 22.0 Å². The minimum absolute atomic E-state index is 0.0827. The minimum Gasteiger partial charge on any atom is -0.483 e. The van der Waals surface area contributed by atoms with E-state index in [4.69, 9.17) is 14.6 Å². The molecule has 2 aromatic carbocycles. The van der Waals surface area contributed by atoms with Crippen LogP contribution < -0.4 is 14.4 Å². The van der Waals surface area contributed by atoms with Gasteiger partial charge in [-0.05, 0) is 63.9 Å². The Balaban J connectivity index is 2.06. The molecule has 1 heterocycles. The second-order valence-electron chi connectivity index (χ2n) is 9.05. The van der Waals surface area contributed by atoms with Crippen LogP contribution in [-0.2, 0) is 19.6 Å². The molecule has 1 aliphatic rings. The third-order valence-corrected chi connectivity index (χ3v) is 6.77. The van der Waals surface area contributed by atoms with E-state index in [1.807, 2.05) is 0 Å². The number of carboxylic acid groups (broad SMARTS) is 1. The van der Waals surface area contributed by atoms with Crippen molar-refractivity contribution >= 4 is 33.5 Å². The number of amides is 1. The fourth-order valence-electron chi connectivity index (χ4n) is 3.43. The summed E-state index contributed by atoms with van der Waals surface area (Å²) in [7, 11) is -4.35. The largest absolute Gasteiger partial charge is 0.483 e. The molecule has 12 heteroatoms. The number of aryl methyl sites for hydroxylation is 1. The van der Waals surface area contributed by atoms with E-state index in [-0.39, 0.29) is 41.2 Å². The number of aliphatic carboxylic acids is 1. The Hall–Kier alpha value is -3.41. The van der Waals surface area contributed by atoms with Gasteiger partial charge in [0.1, 0.15) is 17.5 Å². The monoisotopic (exact) mass is 512 g/mol. The van der Waals surface area contributed by atoms with Crippen LogP contribution in [0, 0.1) is 18.6 Å². The van der Waals surface area contributed by atoms with Crippen molar-refractivity contribution in [1.82, 2.24) is 0 Å². The summed E-state index contributed by atoms with van der Waals surface area (Å²) in [5.41, 5.74) is -1.02. The van der Waals surface area contributed by atoms with E-state index in [0.717, 1.165) is 28.6 Å². The molecule has 0 spiro atoms. The van der Waals surface area contributed by atoms with E-state index in [1.54, 1.807) is 20.8 Å². The average Bonchev–Trinajstić information content (AvgIpc) is 2.72. The normalized spacial score (nSPS) is 15.7. The number of nitrogens with zero attached hydrogens (tertiary/aromatic N) is 1.